The minimum Gasteiger partial charge on any atom is -0.434 e. The molecule has 0 fully saturated rings. The number of benzene rings is 2. The molecule has 0 saturated carbocycles. The van der Waals surface area contributed by atoms with E-state index in [1.54, 1.807) is 6.20 Å². The van der Waals surface area contributed by atoms with Gasteiger partial charge in [-0.1, -0.05) is 24.3 Å². The molecule has 0 aliphatic heterocycles. The first kappa shape index (κ1) is 17.0. The van der Waals surface area contributed by atoms with Crippen LogP contribution in [0.1, 0.15) is 15.9 Å². The zero-order valence-corrected chi connectivity index (χ0v) is 15.2. The van der Waals surface area contributed by atoms with Gasteiger partial charge in [-0.15, -0.1) is 0 Å². The molecule has 4 aromatic rings. The maximum atomic E-state index is 12.7. The minimum absolute atomic E-state index is 0.0788. The maximum Gasteiger partial charge on any atom is 0.228 e. The minimum atomic E-state index is 0.0788. The topological polar surface area (TPSA) is 59.2 Å². The van der Waals surface area contributed by atoms with E-state index < -0.39 is 0 Å². The van der Waals surface area contributed by atoms with E-state index in [1.807, 2.05) is 79.7 Å². The molecular formula is C22H19N3O2. The van der Waals surface area contributed by atoms with Crippen LogP contribution in [-0.2, 0) is 6.42 Å². The first-order chi connectivity index (χ1) is 13.1. The molecule has 0 aliphatic rings. The average Bonchev–Trinajstić information content (AvgIpc) is 3.12. The molecule has 0 bridgehead atoms. The van der Waals surface area contributed by atoms with Crippen molar-refractivity contribution in [2.45, 2.75) is 6.42 Å². The second kappa shape index (κ2) is 7.03. The van der Waals surface area contributed by atoms with Crippen LogP contribution in [0, 0.1) is 0 Å². The van der Waals surface area contributed by atoms with E-state index in [-0.39, 0.29) is 5.78 Å². The van der Waals surface area contributed by atoms with Crippen LogP contribution < -0.4 is 4.90 Å². The van der Waals surface area contributed by atoms with Crippen LogP contribution >= 0.6 is 0 Å². The van der Waals surface area contributed by atoms with Gasteiger partial charge in [0.15, 0.2) is 17.0 Å². The summed E-state index contributed by atoms with van der Waals surface area (Å²) >= 11 is 0. The number of hydrogen-bond donors (Lipinski definition) is 0. The summed E-state index contributed by atoms with van der Waals surface area (Å²) in [6.07, 6.45) is 2.01. The number of fused-ring (bicyclic) bond motifs is 1. The number of rotatable bonds is 5. The summed E-state index contributed by atoms with van der Waals surface area (Å²) in [5.74, 6) is 0.586. The molecular weight excluding hydrogens is 338 g/mol. The van der Waals surface area contributed by atoms with Crippen molar-refractivity contribution in [3.8, 4) is 11.5 Å². The Labute approximate surface area is 157 Å². The lowest BCUT2D eigenvalue weighted by molar-refractivity contribution is 0.0993. The second-order valence-electron chi connectivity index (χ2n) is 6.59. The van der Waals surface area contributed by atoms with Gasteiger partial charge < -0.3 is 9.32 Å². The first-order valence-corrected chi connectivity index (χ1v) is 8.71. The molecule has 0 N–H and O–H groups in total. The lowest BCUT2D eigenvalue weighted by Crippen LogP contribution is -2.10. The van der Waals surface area contributed by atoms with Gasteiger partial charge in [-0.2, -0.15) is 4.98 Å². The maximum absolute atomic E-state index is 12.7. The van der Waals surface area contributed by atoms with Crippen molar-refractivity contribution in [1.82, 2.24) is 9.97 Å². The van der Waals surface area contributed by atoms with Gasteiger partial charge in [-0.05, 0) is 42.0 Å². The Kier molecular flexibility index (Phi) is 4.42. The molecule has 0 spiro atoms. The van der Waals surface area contributed by atoms with Crippen molar-refractivity contribution in [2.24, 2.45) is 0 Å². The van der Waals surface area contributed by atoms with Gasteiger partial charge in [0.1, 0.15) is 0 Å². The Morgan fingerprint density at radius 1 is 1.04 bits per heavy atom. The molecule has 0 saturated heterocycles. The highest BCUT2D eigenvalue weighted by atomic mass is 16.3. The van der Waals surface area contributed by atoms with Crippen LogP contribution in [0.3, 0.4) is 0 Å². The van der Waals surface area contributed by atoms with Crippen LogP contribution in [0.4, 0.5) is 5.69 Å². The number of hydrogen-bond acceptors (Lipinski definition) is 5. The molecule has 0 radical (unpaired) electrons. The summed E-state index contributed by atoms with van der Waals surface area (Å²) in [5.41, 5.74) is 4.69. The van der Waals surface area contributed by atoms with Crippen LogP contribution in [0.15, 0.2) is 71.3 Å². The van der Waals surface area contributed by atoms with Crippen LogP contribution in [0.2, 0.25) is 0 Å². The summed E-state index contributed by atoms with van der Waals surface area (Å²) in [6.45, 7) is 0. The fraction of sp³-hybridized carbons (Fsp3) is 0.136. The predicted octanol–water partition coefficient (Wildman–Crippen LogP) is 4.38. The third-order valence-electron chi connectivity index (χ3n) is 4.39. The Morgan fingerprint density at radius 2 is 1.89 bits per heavy atom. The summed E-state index contributed by atoms with van der Waals surface area (Å²) in [4.78, 5) is 23.3. The highest BCUT2D eigenvalue weighted by molar-refractivity contribution is 5.98. The Morgan fingerprint density at radius 3 is 2.70 bits per heavy atom. The van der Waals surface area contributed by atoms with Crippen molar-refractivity contribution in [3.05, 3.63) is 78.0 Å². The van der Waals surface area contributed by atoms with Gasteiger partial charge in [0.2, 0.25) is 5.89 Å². The monoisotopic (exact) mass is 357 g/mol. The number of Topliss-reactive ketones (excluding diaryl/α,β-unsaturated/α-hetero) is 1. The smallest absolute Gasteiger partial charge is 0.228 e. The number of oxazole rings is 1. The van der Waals surface area contributed by atoms with Gasteiger partial charge in [0.25, 0.3) is 0 Å². The second-order valence-corrected chi connectivity index (χ2v) is 6.59. The number of nitrogens with zero attached hydrogens (tertiary/aromatic N) is 3. The molecule has 5 heteroatoms. The number of carbonyl (C=O) groups excluding carboxylic acids is 1. The Hall–Kier alpha value is -3.47. The number of carbonyl (C=O) groups is 1. The predicted molar refractivity (Wildman–Crippen MR) is 106 cm³/mol. The van der Waals surface area contributed by atoms with Crippen molar-refractivity contribution < 1.29 is 9.21 Å². The van der Waals surface area contributed by atoms with E-state index in [1.165, 1.54) is 0 Å². The van der Waals surface area contributed by atoms with Crippen molar-refractivity contribution in [2.75, 3.05) is 19.0 Å². The first-order valence-electron chi connectivity index (χ1n) is 8.71. The molecule has 134 valence electrons. The zero-order chi connectivity index (χ0) is 18.8. The Bertz CT molecular complexity index is 1080. The van der Waals surface area contributed by atoms with E-state index in [4.69, 9.17) is 4.42 Å². The SMILES string of the molecule is CN(C)c1cccc(C(=O)Cc2cccc(-c3nc4ncccc4o3)c2)c1. The molecule has 0 aliphatic carbocycles. The third-order valence-corrected chi connectivity index (χ3v) is 4.39. The highest BCUT2D eigenvalue weighted by Crippen LogP contribution is 2.24. The molecule has 0 amide bonds. The third kappa shape index (κ3) is 3.58. The summed E-state index contributed by atoms with van der Waals surface area (Å²) in [5, 5.41) is 0. The standard InChI is InChI=1S/C22H19N3O2/c1-25(2)18-9-4-7-16(14-18)19(26)13-15-6-3-8-17(12-15)22-24-21-20(27-22)10-5-11-23-21/h3-12,14H,13H2,1-2H3. The van der Waals surface area contributed by atoms with E-state index in [2.05, 4.69) is 9.97 Å². The lowest BCUT2D eigenvalue weighted by Gasteiger charge is -2.13. The highest BCUT2D eigenvalue weighted by Gasteiger charge is 2.12. The van der Waals surface area contributed by atoms with Crippen molar-refractivity contribution >= 4 is 22.7 Å². The van der Waals surface area contributed by atoms with Crippen LogP contribution in [0.5, 0.6) is 0 Å². The van der Waals surface area contributed by atoms with Gasteiger partial charge >= 0.3 is 0 Å². The van der Waals surface area contributed by atoms with Gasteiger partial charge in [0.05, 0.1) is 0 Å². The quantitative estimate of drug-likeness (QED) is 0.496. The number of pyridine rings is 1. The normalized spacial score (nSPS) is 10.9. The molecule has 27 heavy (non-hydrogen) atoms. The van der Waals surface area contributed by atoms with Crippen LogP contribution in [0.25, 0.3) is 22.7 Å². The average molecular weight is 357 g/mol. The number of anilines is 1. The van der Waals surface area contributed by atoms with Gasteiger partial charge in [0, 0.05) is 43.5 Å². The van der Waals surface area contributed by atoms with Gasteiger partial charge in [-0.3, -0.25) is 4.79 Å². The lowest BCUT2D eigenvalue weighted by atomic mass is 10.0. The van der Waals surface area contributed by atoms with Gasteiger partial charge in [-0.25, -0.2) is 4.98 Å². The molecule has 4 rings (SSSR count). The molecule has 2 heterocycles. The Balaban J connectivity index is 1.59. The summed E-state index contributed by atoms with van der Waals surface area (Å²) in [6, 6.07) is 19.0. The number of ketones is 1. The van der Waals surface area contributed by atoms with Crippen molar-refractivity contribution in [3.63, 3.8) is 0 Å². The number of aromatic nitrogens is 2. The fourth-order valence-corrected chi connectivity index (χ4v) is 2.95. The largest absolute Gasteiger partial charge is 0.434 e. The molecule has 2 aromatic carbocycles. The van der Waals surface area contributed by atoms with E-state index >= 15 is 0 Å². The fourth-order valence-electron chi connectivity index (χ4n) is 2.95. The molecule has 0 atom stereocenters. The van der Waals surface area contributed by atoms with Crippen molar-refractivity contribution in [1.29, 1.82) is 0 Å². The van der Waals surface area contributed by atoms with E-state index in [0.717, 1.165) is 16.8 Å². The summed E-state index contributed by atoms with van der Waals surface area (Å²) < 4.78 is 5.78. The molecule has 2 aromatic heterocycles. The summed E-state index contributed by atoms with van der Waals surface area (Å²) in [7, 11) is 3.92. The zero-order valence-electron chi connectivity index (χ0n) is 15.2. The van der Waals surface area contributed by atoms with Crippen LogP contribution in [-0.4, -0.2) is 29.8 Å². The molecule has 0 unspecified atom stereocenters. The molecule has 5 nitrogen and oxygen atoms in total. The van der Waals surface area contributed by atoms with E-state index in [0.29, 0.717) is 29.1 Å². The van der Waals surface area contributed by atoms with E-state index in [9.17, 15) is 4.79 Å².